The predicted molar refractivity (Wildman–Crippen MR) is 108 cm³/mol. The lowest BCUT2D eigenvalue weighted by Crippen LogP contribution is -2.36. The van der Waals surface area contributed by atoms with Gasteiger partial charge in [-0.15, -0.1) is 0 Å². The minimum absolute atomic E-state index is 0.0919. The SMILES string of the molecule is Cc1cccc(CSC2=NCCN2C(=O)COc2ccc(Cl)cc2Cl)c1. The predicted octanol–water partition coefficient (Wildman–Crippen LogP) is 4.81. The van der Waals surface area contributed by atoms with Gasteiger partial charge in [0, 0.05) is 17.3 Å². The molecule has 1 amide bonds. The molecule has 0 unspecified atom stereocenters. The zero-order valence-electron chi connectivity index (χ0n) is 14.2. The van der Waals surface area contributed by atoms with E-state index in [-0.39, 0.29) is 12.5 Å². The van der Waals surface area contributed by atoms with Crippen LogP contribution in [0, 0.1) is 6.92 Å². The molecule has 0 radical (unpaired) electrons. The van der Waals surface area contributed by atoms with Gasteiger partial charge in [0.15, 0.2) is 11.8 Å². The lowest BCUT2D eigenvalue weighted by Gasteiger charge is -2.18. The second-order valence-corrected chi connectivity index (χ2v) is 7.64. The van der Waals surface area contributed by atoms with E-state index in [0.717, 1.165) is 10.9 Å². The Morgan fingerprint density at radius 2 is 2.12 bits per heavy atom. The molecule has 0 aliphatic carbocycles. The number of hydrogen-bond donors (Lipinski definition) is 0. The van der Waals surface area contributed by atoms with E-state index in [0.29, 0.717) is 28.9 Å². The van der Waals surface area contributed by atoms with Gasteiger partial charge in [0.25, 0.3) is 5.91 Å². The molecule has 4 nitrogen and oxygen atoms in total. The molecule has 2 aromatic rings. The van der Waals surface area contributed by atoms with Crippen LogP contribution in [0.15, 0.2) is 47.5 Å². The molecule has 0 spiro atoms. The van der Waals surface area contributed by atoms with E-state index in [2.05, 4.69) is 30.1 Å². The monoisotopic (exact) mass is 408 g/mol. The fraction of sp³-hybridized carbons (Fsp3) is 0.263. The number of benzene rings is 2. The molecular formula is C19H18Cl2N2O2S. The number of rotatable bonds is 5. The lowest BCUT2D eigenvalue weighted by molar-refractivity contribution is -0.128. The Labute approximate surface area is 167 Å². The summed E-state index contributed by atoms with van der Waals surface area (Å²) in [5.74, 6) is 1.08. The van der Waals surface area contributed by atoms with E-state index in [1.165, 1.54) is 11.1 Å². The van der Waals surface area contributed by atoms with Crippen molar-refractivity contribution in [3.63, 3.8) is 0 Å². The second kappa shape index (κ2) is 8.80. The Bertz CT molecular complexity index is 842. The first kappa shape index (κ1) is 19.1. The van der Waals surface area contributed by atoms with Crippen LogP contribution in [0.2, 0.25) is 10.0 Å². The number of aliphatic imine (C=N–C) groups is 1. The second-order valence-electron chi connectivity index (χ2n) is 5.85. The van der Waals surface area contributed by atoms with Crippen LogP contribution in [-0.4, -0.2) is 35.7 Å². The summed E-state index contributed by atoms with van der Waals surface area (Å²) in [5, 5.41) is 1.65. The highest BCUT2D eigenvalue weighted by Crippen LogP contribution is 2.27. The third kappa shape index (κ3) is 4.93. The third-order valence-corrected chi connectivity index (χ3v) is 5.41. The van der Waals surface area contributed by atoms with Crippen LogP contribution in [-0.2, 0) is 10.5 Å². The number of halogens is 2. The molecule has 1 aliphatic heterocycles. The zero-order chi connectivity index (χ0) is 18.5. The number of aryl methyl sites for hydroxylation is 1. The number of hydrogen-bond acceptors (Lipinski definition) is 4. The molecule has 0 bridgehead atoms. The summed E-state index contributed by atoms with van der Waals surface area (Å²) in [6, 6.07) is 13.2. The largest absolute Gasteiger partial charge is 0.482 e. The number of thioether (sulfide) groups is 1. The minimum atomic E-state index is -0.135. The summed E-state index contributed by atoms with van der Waals surface area (Å²) in [7, 11) is 0. The van der Waals surface area contributed by atoms with E-state index >= 15 is 0 Å². The molecule has 0 fully saturated rings. The van der Waals surface area contributed by atoms with Gasteiger partial charge in [-0.25, -0.2) is 0 Å². The van der Waals surface area contributed by atoms with Crippen molar-refractivity contribution in [3.05, 3.63) is 63.6 Å². The number of amidine groups is 1. The van der Waals surface area contributed by atoms with Crippen LogP contribution >= 0.6 is 35.0 Å². The average molecular weight is 409 g/mol. The van der Waals surface area contributed by atoms with Crippen molar-refractivity contribution in [2.24, 2.45) is 4.99 Å². The Morgan fingerprint density at radius 3 is 2.88 bits per heavy atom. The minimum Gasteiger partial charge on any atom is -0.482 e. The molecule has 2 aromatic carbocycles. The van der Waals surface area contributed by atoms with E-state index in [1.807, 2.05) is 6.07 Å². The van der Waals surface area contributed by atoms with Gasteiger partial charge in [-0.05, 0) is 30.7 Å². The molecule has 136 valence electrons. The van der Waals surface area contributed by atoms with Crippen molar-refractivity contribution in [1.82, 2.24) is 4.90 Å². The molecule has 7 heteroatoms. The smallest absolute Gasteiger partial charge is 0.266 e. The van der Waals surface area contributed by atoms with Crippen molar-refractivity contribution in [3.8, 4) is 5.75 Å². The molecule has 0 saturated heterocycles. The summed E-state index contributed by atoms with van der Waals surface area (Å²) in [6.45, 7) is 3.16. The van der Waals surface area contributed by atoms with Gasteiger partial charge in [0.05, 0.1) is 11.6 Å². The van der Waals surface area contributed by atoms with Gasteiger partial charge in [-0.2, -0.15) is 0 Å². The highest BCUT2D eigenvalue weighted by Gasteiger charge is 2.24. The first-order chi connectivity index (χ1) is 12.5. The van der Waals surface area contributed by atoms with Crippen molar-refractivity contribution in [1.29, 1.82) is 0 Å². The van der Waals surface area contributed by atoms with Crippen molar-refractivity contribution in [2.75, 3.05) is 19.7 Å². The average Bonchev–Trinajstić information content (AvgIpc) is 3.08. The van der Waals surface area contributed by atoms with Crippen LogP contribution in [0.25, 0.3) is 0 Å². The molecule has 3 rings (SSSR count). The Balaban J connectivity index is 1.56. The lowest BCUT2D eigenvalue weighted by atomic mass is 10.2. The number of amides is 1. The van der Waals surface area contributed by atoms with Crippen LogP contribution in [0.5, 0.6) is 5.75 Å². The normalized spacial score (nSPS) is 13.7. The summed E-state index contributed by atoms with van der Waals surface area (Å²) in [5.41, 5.74) is 2.43. The molecule has 0 atom stereocenters. The quantitative estimate of drug-likeness (QED) is 0.712. The maximum atomic E-state index is 12.5. The van der Waals surface area contributed by atoms with E-state index in [1.54, 1.807) is 34.9 Å². The Kier molecular flexibility index (Phi) is 6.46. The van der Waals surface area contributed by atoms with E-state index in [9.17, 15) is 4.79 Å². The van der Waals surface area contributed by atoms with Crippen LogP contribution in [0.4, 0.5) is 0 Å². The Morgan fingerprint density at radius 1 is 1.27 bits per heavy atom. The maximum Gasteiger partial charge on any atom is 0.266 e. The van der Waals surface area contributed by atoms with Crippen LogP contribution in [0.1, 0.15) is 11.1 Å². The van der Waals surface area contributed by atoms with Crippen LogP contribution in [0.3, 0.4) is 0 Å². The summed E-state index contributed by atoms with van der Waals surface area (Å²) >= 11 is 13.5. The standard InChI is InChI=1S/C19H18Cl2N2O2S/c1-13-3-2-4-14(9-13)12-26-19-22-7-8-23(19)18(24)11-25-17-6-5-15(20)10-16(17)21/h2-6,9-10H,7-8,11-12H2,1H3. The number of carbonyl (C=O) groups is 1. The molecule has 1 heterocycles. The summed E-state index contributed by atoms with van der Waals surface area (Å²) in [4.78, 5) is 18.6. The van der Waals surface area contributed by atoms with Gasteiger partial charge in [-0.3, -0.25) is 14.7 Å². The molecule has 0 aromatic heterocycles. The van der Waals surface area contributed by atoms with Crippen molar-refractivity contribution >= 4 is 46.0 Å². The highest BCUT2D eigenvalue weighted by molar-refractivity contribution is 8.13. The molecule has 0 saturated carbocycles. The molecular weight excluding hydrogens is 391 g/mol. The molecule has 1 aliphatic rings. The molecule has 26 heavy (non-hydrogen) atoms. The van der Waals surface area contributed by atoms with Gasteiger partial charge in [0.1, 0.15) is 5.75 Å². The summed E-state index contributed by atoms with van der Waals surface area (Å²) < 4.78 is 5.55. The van der Waals surface area contributed by atoms with Gasteiger partial charge in [-0.1, -0.05) is 64.8 Å². The first-order valence-corrected chi connectivity index (χ1v) is 9.88. The topological polar surface area (TPSA) is 41.9 Å². The highest BCUT2D eigenvalue weighted by atomic mass is 35.5. The first-order valence-electron chi connectivity index (χ1n) is 8.14. The third-order valence-electron chi connectivity index (χ3n) is 3.80. The zero-order valence-corrected chi connectivity index (χ0v) is 16.6. The van der Waals surface area contributed by atoms with Crippen LogP contribution < -0.4 is 4.74 Å². The number of ether oxygens (including phenoxy) is 1. The van der Waals surface area contributed by atoms with E-state index < -0.39 is 0 Å². The number of carbonyl (C=O) groups excluding carboxylic acids is 1. The van der Waals surface area contributed by atoms with Gasteiger partial charge in [0.2, 0.25) is 0 Å². The Hall–Kier alpha value is -1.69. The number of nitrogens with zero attached hydrogens (tertiary/aromatic N) is 2. The summed E-state index contributed by atoms with van der Waals surface area (Å²) in [6.07, 6.45) is 0. The van der Waals surface area contributed by atoms with Gasteiger partial charge >= 0.3 is 0 Å². The van der Waals surface area contributed by atoms with Crippen molar-refractivity contribution < 1.29 is 9.53 Å². The fourth-order valence-corrected chi connectivity index (χ4v) is 4.01. The van der Waals surface area contributed by atoms with Gasteiger partial charge < -0.3 is 4.74 Å². The van der Waals surface area contributed by atoms with E-state index in [4.69, 9.17) is 27.9 Å². The molecule has 0 N–H and O–H groups in total. The maximum absolute atomic E-state index is 12.5. The van der Waals surface area contributed by atoms with Crippen molar-refractivity contribution in [2.45, 2.75) is 12.7 Å². The fourth-order valence-electron chi connectivity index (χ4n) is 2.54.